The molecule has 2 heterocycles. The first kappa shape index (κ1) is 15.0. The molecule has 1 aliphatic rings. The molecule has 1 fully saturated rings. The van der Waals surface area contributed by atoms with Gasteiger partial charge in [-0.15, -0.1) is 0 Å². The Kier molecular flexibility index (Phi) is 3.90. The van der Waals surface area contributed by atoms with E-state index in [1.165, 1.54) is 11.0 Å². The molecule has 2 aromatic heterocycles. The average molecular weight is 305 g/mol. The summed E-state index contributed by atoms with van der Waals surface area (Å²) in [6, 6.07) is -0.192. The fraction of sp³-hybridized carbons (Fsp3) is 0.667. The van der Waals surface area contributed by atoms with Crippen molar-refractivity contribution in [3.8, 4) is 0 Å². The summed E-state index contributed by atoms with van der Waals surface area (Å²) < 4.78 is 2.99. The predicted octanol–water partition coefficient (Wildman–Crippen LogP) is 1.43. The fourth-order valence-corrected chi connectivity index (χ4v) is 3.31. The Labute approximate surface area is 128 Å². The van der Waals surface area contributed by atoms with Gasteiger partial charge in [-0.2, -0.15) is 0 Å². The second-order valence-electron chi connectivity index (χ2n) is 6.10. The van der Waals surface area contributed by atoms with Crippen LogP contribution in [0, 0.1) is 0 Å². The van der Waals surface area contributed by atoms with Crippen LogP contribution >= 0.6 is 0 Å². The van der Waals surface area contributed by atoms with E-state index in [0.717, 1.165) is 25.7 Å². The Bertz CT molecular complexity index is 793. The van der Waals surface area contributed by atoms with Crippen LogP contribution in [0.4, 0.5) is 0 Å². The van der Waals surface area contributed by atoms with E-state index in [4.69, 9.17) is 5.73 Å². The predicted molar refractivity (Wildman–Crippen MR) is 85.0 cm³/mol. The van der Waals surface area contributed by atoms with Gasteiger partial charge in [-0.25, -0.2) is 9.78 Å². The molecule has 7 nitrogen and oxygen atoms in total. The van der Waals surface area contributed by atoms with Crippen LogP contribution in [-0.2, 0) is 6.54 Å². The summed E-state index contributed by atoms with van der Waals surface area (Å²) in [5, 5.41) is 0. The average Bonchev–Trinajstić information content (AvgIpc) is 2.94. The maximum Gasteiger partial charge on any atom is 0.332 e. The first-order valence-electron chi connectivity index (χ1n) is 8.05. The summed E-state index contributed by atoms with van der Waals surface area (Å²) >= 11 is 0. The van der Waals surface area contributed by atoms with Gasteiger partial charge in [0.2, 0.25) is 0 Å². The number of rotatable bonds is 3. The topological polar surface area (TPSA) is 98.7 Å². The van der Waals surface area contributed by atoms with E-state index in [0.29, 0.717) is 23.5 Å². The van der Waals surface area contributed by atoms with Gasteiger partial charge < -0.3 is 10.7 Å². The first-order valence-corrected chi connectivity index (χ1v) is 8.05. The second-order valence-corrected chi connectivity index (χ2v) is 6.10. The lowest BCUT2D eigenvalue weighted by atomic mass is 9.95. The highest BCUT2D eigenvalue weighted by molar-refractivity contribution is 5.70. The van der Waals surface area contributed by atoms with Gasteiger partial charge in [-0.1, -0.05) is 19.3 Å². The van der Waals surface area contributed by atoms with Gasteiger partial charge in [0.1, 0.15) is 11.3 Å². The van der Waals surface area contributed by atoms with Crippen LogP contribution in [0.3, 0.4) is 0 Å². The molecule has 1 saturated carbocycles. The molecule has 0 saturated heterocycles. The largest absolute Gasteiger partial charge is 0.335 e. The van der Waals surface area contributed by atoms with E-state index < -0.39 is 0 Å². The highest BCUT2D eigenvalue weighted by Crippen LogP contribution is 2.28. The Balaban J connectivity index is 2.32. The van der Waals surface area contributed by atoms with Crippen molar-refractivity contribution < 1.29 is 0 Å². The maximum atomic E-state index is 12.8. The van der Waals surface area contributed by atoms with Gasteiger partial charge in [0.05, 0.1) is 6.04 Å². The standard InChI is InChI=1S/C15H23N5O2/c1-3-19-14(21)11-13(18-12(17-11)9(2)16)20(15(19)22)10-7-5-4-6-8-10/h9-10H,3-8,16H2,1-2H3,(H,17,18). The Morgan fingerprint density at radius 3 is 2.59 bits per heavy atom. The summed E-state index contributed by atoms with van der Waals surface area (Å²) in [7, 11) is 0. The SMILES string of the molecule is CCn1c(=O)c2[nH]c(C(C)N)nc2n(C2CCCCC2)c1=O. The molecule has 0 aliphatic heterocycles. The summed E-state index contributed by atoms with van der Waals surface area (Å²) in [6.45, 7) is 3.97. The van der Waals surface area contributed by atoms with Crippen molar-refractivity contribution in [3.05, 3.63) is 26.7 Å². The van der Waals surface area contributed by atoms with Crippen molar-refractivity contribution >= 4 is 11.2 Å². The molecule has 0 spiro atoms. The molecule has 2 aromatic rings. The summed E-state index contributed by atoms with van der Waals surface area (Å²) in [5.41, 5.74) is 6.15. The molecule has 120 valence electrons. The Hall–Kier alpha value is -1.89. The van der Waals surface area contributed by atoms with Gasteiger partial charge in [0.15, 0.2) is 5.65 Å². The third-order valence-corrected chi connectivity index (χ3v) is 4.51. The molecule has 0 radical (unpaired) electrons. The summed E-state index contributed by atoms with van der Waals surface area (Å²) in [6.07, 6.45) is 5.32. The molecular formula is C15H23N5O2. The van der Waals surface area contributed by atoms with E-state index in [1.54, 1.807) is 11.5 Å². The Morgan fingerprint density at radius 2 is 2.00 bits per heavy atom. The number of nitrogens with one attached hydrogen (secondary N) is 1. The maximum absolute atomic E-state index is 12.8. The lowest BCUT2D eigenvalue weighted by Crippen LogP contribution is -2.41. The van der Waals surface area contributed by atoms with Crippen LogP contribution in [0.25, 0.3) is 11.2 Å². The van der Waals surface area contributed by atoms with Crippen molar-refractivity contribution in [2.75, 3.05) is 0 Å². The minimum Gasteiger partial charge on any atom is -0.335 e. The van der Waals surface area contributed by atoms with E-state index in [-0.39, 0.29) is 23.3 Å². The zero-order valence-electron chi connectivity index (χ0n) is 13.1. The van der Waals surface area contributed by atoms with Gasteiger partial charge in [-0.3, -0.25) is 13.9 Å². The first-order chi connectivity index (χ1) is 10.5. The van der Waals surface area contributed by atoms with Crippen molar-refractivity contribution in [2.45, 2.75) is 64.6 Å². The normalized spacial score (nSPS) is 18.0. The van der Waals surface area contributed by atoms with E-state index in [1.807, 2.05) is 6.92 Å². The molecule has 0 amide bonds. The monoisotopic (exact) mass is 305 g/mol. The highest BCUT2D eigenvalue weighted by atomic mass is 16.2. The smallest absolute Gasteiger partial charge is 0.332 e. The highest BCUT2D eigenvalue weighted by Gasteiger charge is 2.24. The van der Waals surface area contributed by atoms with Crippen molar-refractivity contribution in [3.63, 3.8) is 0 Å². The molecule has 22 heavy (non-hydrogen) atoms. The number of fused-ring (bicyclic) bond motifs is 1. The number of nitrogens with two attached hydrogens (primary N) is 1. The lowest BCUT2D eigenvalue weighted by molar-refractivity contribution is 0.343. The number of nitrogens with zero attached hydrogens (tertiary/aromatic N) is 3. The second kappa shape index (κ2) is 5.72. The van der Waals surface area contributed by atoms with Gasteiger partial charge in [0, 0.05) is 12.6 Å². The van der Waals surface area contributed by atoms with Crippen LogP contribution < -0.4 is 17.0 Å². The number of hydrogen-bond donors (Lipinski definition) is 2. The third kappa shape index (κ3) is 2.29. The van der Waals surface area contributed by atoms with E-state index >= 15 is 0 Å². The van der Waals surface area contributed by atoms with Crippen LogP contribution in [0.5, 0.6) is 0 Å². The van der Waals surface area contributed by atoms with Crippen molar-refractivity contribution in [2.24, 2.45) is 5.73 Å². The number of hydrogen-bond acceptors (Lipinski definition) is 4. The minimum absolute atomic E-state index is 0.117. The molecule has 0 aromatic carbocycles. The third-order valence-electron chi connectivity index (χ3n) is 4.51. The van der Waals surface area contributed by atoms with Crippen LogP contribution in [-0.4, -0.2) is 19.1 Å². The van der Waals surface area contributed by atoms with Crippen LogP contribution in [0.2, 0.25) is 0 Å². The molecule has 1 unspecified atom stereocenters. The lowest BCUT2D eigenvalue weighted by Gasteiger charge is -2.24. The number of imidazole rings is 1. The van der Waals surface area contributed by atoms with Crippen molar-refractivity contribution in [1.82, 2.24) is 19.1 Å². The minimum atomic E-state index is -0.311. The summed E-state index contributed by atoms with van der Waals surface area (Å²) in [5.74, 6) is 0.546. The molecular weight excluding hydrogens is 282 g/mol. The Morgan fingerprint density at radius 1 is 1.32 bits per heavy atom. The van der Waals surface area contributed by atoms with Crippen LogP contribution in [0.1, 0.15) is 63.9 Å². The van der Waals surface area contributed by atoms with E-state index in [2.05, 4.69) is 9.97 Å². The molecule has 1 aliphatic carbocycles. The number of aromatic amines is 1. The van der Waals surface area contributed by atoms with Gasteiger partial charge in [0.25, 0.3) is 5.56 Å². The zero-order valence-corrected chi connectivity index (χ0v) is 13.1. The molecule has 0 bridgehead atoms. The van der Waals surface area contributed by atoms with Gasteiger partial charge in [-0.05, 0) is 26.7 Å². The van der Waals surface area contributed by atoms with E-state index in [9.17, 15) is 9.59 Å². The number of H-pyrrole nitrogens is 1. The van der Waals surface area contributed by atoms with Gasteiger partial charge >= 0.3 is 5.69 Å². The van der Waals surface area contributed by atoms with Crippen molar-refractivity contribution in [1.29, 1.82) is 0 Å². The zero-order chi connectivity index (χ0) is 15.9. The molecule has 7 heteroatoms. The molecule has 3 N–H and O–H groups in total. The fourth-order valence-electron chi connectivity index (χ4n) is 3.31. The van der Waals surface area contributed by atoms with Crippen LogP contribution in [0.15, 0.2) is 9.59 Å². The number of aromatic nitrogens is 4. The quantitative estimate of drug-likeness (QED) is 0.896. The summed E-state index contributed by atoms with van der Waals surface area (Å²) in [4.78, 5) is 32.7. The molecule has 3 rings (SSSR count). The molecule has 1 atom stereocenters.